The van der Waals surface area contributed by atoms with Crippen LogP contribution < -0.4 is 5.73 Å². The van der Waals surface area contributed by atoms with Gasteiger partial charge in [-0.05, 0) is 24.8 Å². The van der Waals surface area contributed by atoms with Crippen LogP contribution in [0.1, 0.15) is 24.4 Å². The molecule has 0 amide bonds. The first-order valence-corrected chi connectivity index (χ1v) is 4.46. The van der Waals surface area contributed by atoms with Gasteiger partial charge in [-0.25, -0.2) is 0 Å². The molecule has 1 aliphatic carbocycles. The summed E-state index contributed by atoms with van der Waals surface area (Å²) >= 11 is 0. The lowest BCUT2D eigenvalue weighted by Gasteiger charge is -2.12. The van der Waals surface area contributed by atoms with Crippen LogP contribution in [0.4, 0.5) is 0 Å². The maximum absolute atomic E-state index is 9.51. The van der Waals surface area contributed by atoms with Crippen molar-refractivity contribution in [1.82, 2.24) is 0 Å². The van der Waals surface area contributed by atoms with Gasteiger partial charge in [-0.2, -0.15) is 0 Å². The minimum absolute atomic E-state index is 0.0677. The summed E-state index contributed by atoms with van der Waals surface area (Å²) in [6.45, 7) is 0. The maximum atomic E-state index is 9.51. The lowest BCUT2D eigenvalue weighted by molar-refractivity contribution is 0.394. The molecule has 0 saturated heterocycles. The van der Waals surface area contributed by atoms with Crippen LogP contribution in [0.5, 0.6) is 11.5 Å². The predicted octanol–water partition coefficient (Wildman–Crippen LogP) is 1.51. The molecule has 1 saturated carbocycles. The van der Waals surface area contributed by atoms with E-state index in [-0.39, 0.29) is 17.5 Å². The molecule has 0 unspecified atom stereocenters. The molecule has 1 atom stereocenters. The Morgan fingerprint density at radius 1 is 1.31 bits per heavy atom. The van der Waals surface area contributed by atoms with E-state index in [4.69, 9.17) is 5.73 Å². The van der Waals surface area contributed by atoms with Gasteiger partial charge in [-0.15, -0.1) is 0 Å². The zero-order valence-corrected chi connectivity index (χ0v) is 7.27. The molecule has 13 heavy (non-hydrogen) atoms. The number of para-hydroxylation sites is 1. The molecule has 0 aliphatic heterocycles. The normalized spacial score (nSPS) is 18.5. The highest BCUT2D eigenvalue weighted by atomic mass is 16.3. The number of aromatic hydroxyl groups is 2. The first-order valence-electron chi connectivity index (χ1n) is 4.46. The molecule has 1 aromatic carbocycles. The van der Waals surface area contributed by atoms with Gasteiger partial charge in [0.15, 0.2) is 11.5 Å². The molecule has 1 aliphatic rings. The first kappa shape index (κ1) is 8.38. The highest BCUT2D eigenvalue weighted by Gasteiger charge is 2.31. The Balaban J connectivity index is 2.32. The third-order valence-electron chi connectivity index (χ3n) is 2.53. The van der Waals surface area contributed by atoms with Crippen molar-refractivity contribution in [2.75, 3.05) is 0 Å². The average molecular weight is 179 g/mol. The minimum Gasteiger partial charge on any atom is -0.504 e. The van der Waals surface area contributed by atoms with Crippen molar-refractivity contribution in [3.63, 3.8) is 0 Å². The fourth-order valence-corrected chi connectivity index (χ4v) is 1.53. The standard InChI is InChI=1S/C10H13NO2/c11-9(6-4-5-6)7-2-1-3-8(12)10(7)13/h1-3,6,9,12-13H,4-5,11H2/t9-/m0/s1. The van der Waals surface area contributed by atoms with E-state index in [1.807, 2.05) is 0 Å². The molecule has 3 nitrogen and oxygen atoms in total. The number of phenolic OH excluding ortho intramolecular Hbond substituents is 2. The van der Waals surface area contributed by atoms with Gasteiger partial charge in [-0.3, -0.25) is 0 Å². The van der Waals surface area contributed by atoms with Crippen LogP contribution in [0.2, 0.25) is 0 Å². The van der Waals surface area contributed by atoms with Crippen molar-refractivity contribution in [2.24, 2.45) is 11.7 Å². The van der Waals surface area contributed by atoms with E-state index >= 15 is 0 Å². The van der Waals surface area contributed by atoms with Crippen LogP contribution in [-0.4, -0.2) is 10.2 Å². The molecular formula is C10H13NO2. The van der Waals surface area contributed by atoms with E-state index < -0.39 is 0 Å². The summed E-state index contributed by atoms with van der Waals surface area (Å²) in [4.78, 5) is 0. The fourth-order valence-electron chi connectivity index (χ4n) is 1.53. The molecule has 0 radical (unpaired) electrons. The highest BCUT2D eigenvalue weighted by molar-refractivity contribution is 5.46. The molecule has 4 N–H and O–H groups in total. The Labute approximate surface area is 76.8 Å². The lowest BCUT2D eigenvalue weighted by atomic mass is 10.0. The Hall–Kier alpha value is -1.22. The largest absolute Gasteiger partial charge is 0.504 e. The van der Waals surface area contributed by atoms with Crippen LogP contribution in [0.15, 0.2) is 18.2 Å². The number of hydrogen-bond donors (Lipinski definition) is 3. The zero-order valence-electron chi connectivity index (χ0n) is 7.27. The van der Waals surface area contributed by atoms with Crippen molar-refractivity contribution >= 4 is 0 Å². The van der Waals surface area contributed by atoms with Crippen molar-refractivity contribution in [3.8, 4) is 11.5 Å². The van der Waals surface area contributed by atoms with Crippen molar-refractivity contribution in [3.05, 3.63) is 23.8 Å². The number of nitrogens with two attached hydrogens (primary N) is 1. The monoisotopic (exact) mass is 179 g/mol. The SMILES string of the molecule is N[C@H](c1cccc(O)c1O)C1CC1. The molecule has 70 valence electrons. The van der Waals surface area contributed by atoms with Crippen molar-refractivity contribution < 1.29 is 10.2 Å². The summed E-state index contributed by atoms with van der Waals surface area (Å²) in [5.74, 6) is 0.322. The number of benzene rings is 1. The average Bonchev–Trinajstić information content (AvgIpc) is 2.91. The second kappa shape index (κ2) is 2.92. The number of rotatable bonds is 2. The quantitative estimate of drug-likeness (QED) is 0.603. The maximum Gasteiger partial charge on any atom is 0.162 e. The van der Waals surface area contributed by atoms with Gasteiger partial charge >= 0.3 is 0 Å². The summed E-state index contributed by atoms with van der Waals surface area (Å²) < 4.78 is 0. The van der Waals surface area contributed by atoms with Gasteiger partial charge in [-0.1, -0.05) is 12.1 Å². The Morgan fingerprint density at radius 3 is 2.62 bits per heavy atom. The second-order valence-corrected chi connectivity index (χ2v) is 3.58. The van der Waals surface area contributed by atoms with Gasteiger partial charge in [0.05, 0.1) is 0 Å². The second-order valence-electron chi connectivity index (χ2n) is 3.58. The van der Waals surface area contributed by atoms with Crippen LogP contribution in [0.3, 0.4) is 0 Å². The van der Waals surface area contributed by atoms with E-state index in [1.165, 1.54) is 6.07 Å². The van der Waals surface area contributed by atoms with Gasteiger partial charge in [0.1, 0.15) is 0 Å². The first-order chi connectivity index (χ1) is 6.20. The highest BCUT2D eigenvalue weighted by Crippen LogP contribution is 2.43. The van der Waals surface area contributed by atoms with Gasteiger partial charge in [0, 0.05) is 11.6 Å². The smallest absolute Gasteiger partial charge is 0.162 e. The topological polar surface area (TPSA) is 66.5 Å². The summed E-state index contributed by atoms with van der Waals surface area (Å²) in [5, 5.41) is 18.8. The molecule has 0 aromatic heterocycles. The van der Waals surface area contributed by atoms with Crippen LogP contribution in [-0.2, 0) is 0 Å². The summed E-state index contributed by atoms with van der Waals surface area (Å²) in [6.07, 6.45) is 2.24. The van der Waals surface area contributed by atoms with Crippen molar-refractivity contribution in [1.29, 1.82) is 0 Å². The molecule has 1 fully saturated rings. The van der Waals surface area contributed by atoms with Crippen LogP contribution in [0, 0.1) is 5.92 Å². The molecule has 0 bridgehead atoms. The Bertz CT molecular complexity index is 321. The molecule has 2 rings (SSSR count). The Morgan fingerprint density at radius 2 is 2.00 bits per heavy atom. The summed E-state index contributed by atoms with van der Waals surface area (Å²) in [5.41, 5.74) is 6.55. The Kier molecular flexibility index (Phi) is 1.88. The van der Waals surface area contributed by atoms with E-state index in [1.54, 1.807) is 12.1 Å². The van der Waals surface area contributed by atoms with Crippen molar-refractivity contribution in [2.45, 2.75) is 18.9 Å². The lowest BCUT2D eigenvalue weighted by Crippen LogP contribution is -2.12. The predicted molar refractivity (Wildman–Crippen MR) is 49.4 cm³/mol. The fraction of sp³-hybridized carbons (Fsp3) is 0.400. The zero-order chi connectivity index (χ0) is 9.42. The van der Waals surface area contributed by atoms with Crippen LogP contribution >= 0.6 is 0 Å². The molecular weight excluding hydrogens is 166 g/mol. The van der Waals surface area contributed by atoms with Crippen LogP contribution in [0.25, 0.3) is 0 Å². The molecule has 0 heterocycles. The summed E-state index contributed by atoms with van der Waals surface area (Å²) in [6, 6.07) is 4.79. The van der Waals surface area contributed by atoms with Gasteiger partial charge in [0.25, 0.3) is 0 Å². The van der Waals surface area contributed by atoms with E-state index in [9.17, 15) is 10.2 Å². The molecule has 3 heteroatoms. The third kappa shape index (κ3) is 1.47. The van der Waals surface area contributed by atoms with Gasteiger partial charge < -0.3 is 15.9 Å². The molecule has 1 aromatic rings. The minimum atomic E-state index is -0.132. The van der Waals surface area contributed by atoms with E-state index in [0.717, 1.165) is 12.8 Å². The molecule has 0 spiro atoms. The van der Waals surface area contributed by atoms with Gasteiger partial charge in [0.2, 0.25) is 0 Å². The van der Waals surface area contributed by atoms with E-state index in [0.29, 0.717) is 11.5 Å². The number of phenols is 2. The summed E-state index contributed by atoms with van der Waals surface area (Å²) in [7, 11) is 0. The van der Waals surface area contributed by atoms with E-state index in [2.05, 4.69) is 0 Å². The third-order valence-corrected chi connectivity index (χ3v) is 2.53. The number of hydrogen-bond acceptors (Lipinski definition) is 3.